The van der Waals surface area contributed by atoms with Crippen molar-refractivity contribution in [2.24, 2.45) is 0 Å². The molecular weight excluding hydrogens is 246 g/mol. The number of fused-ring (bicyclic) bond motifs is 1. The SMILES string of the molecule is Cc1nc(Cl)c2c(ccn2Cc2ccccc2)n1. The van der Waals surface area contributed by atoms with Gasteiger partial charge in [-0.1, -0.05) is 41.9 Å². The molecule has 0 unspecified atom stereocenters. The van der Waals surface area contributed by atoms with Gasteiger partial charge in [-0.15, -0.1) is 0 Å². The zero-order valence-electron chi connectivity index (χ0n) is 9.97. The van der Waals surface area contributed by atoms with E-state index in [0.717, 1.165) is 17.6 Å². The Morgan fingerprint density at radius 3 is 2.67 bits per heavy atom. The molecule has 0 amide bonds. The zero-order chi connectivity index (χ0) is 12.5. The van der Waals surface area contributed by atoms with Gasteiger partial charge in [-0.05, 0) is 18.6 Å². The van der Waals surface area contributed by atoms with E-state index in [9.17, 15) is 0 Å². The third-order valence-corrected chi connectivity index (χ3v) is 3.14. The van der Waals surface area contributed by atoms with E-state index in [2.05, 4.69) is 26.7 Å². The number of aryl methyl sites for hydroxylation is 1. The summed E-state index contributed by atoms with van der Waals surface area (Å²) in [6.07, 6.45) is 2.00. The van der Waals surface area contributed by atoms with Gasteiger partial charge in [0.2, 0.25) is 0 Å². The highest BCUT2D eigenvalue weighted by atomic mass is 35.5. The number of nitrogens with zero attached hydrogens (tertiary/aromatic N) is 3. The van der Waals surface area contributed by atoms with E-state index in [0.29, 0.717) is 11.0 Å². The number of halogens is 1. The van der Waals surface area contributed by atoms with Gasteiger partial charge in [0.15, 0.2) is 5.15 Å². The summed E-state index contributed by atoms with van der Waals surface area (Å²) in [4.78, 5) is 8.59. The summed E-state index contributed by atoms with van der Waals surface area (Å²) >= 11 is 6.20. The first kappa shape index (κ1) is 11.2. The number of hydrogen-bond acceptors (Lipinski definition) is 2. The Morgan fingerprint density at radius 2 is 1.89 bits per heavy atom. The average molecular weight is 258 g/mol. The molecule has 2 heterocycles. The molecule has 2 aromatic heterocycles. The van der Waals surface area contributed by atoms with Gasteiger partial charge >= 0.3 is 0 Å². The summed E-state index contributed by atoms with van der Waals surface area (Å²) in [5.41, 5.74) is 3.01. The molecule has 3 nitrogen and oxygen atoms in total. The monoisotopic (exact) mass is 257 g/mol. The quantitative estimate of drug-likeness (QED) is 0.659. The Kier molecular flexibility index (Phi) is 2.76. The summed E-state index contributed by atoms with van der Waals surface area (Å²) in [5, 5.41) is 0.512. The van der Waals surface area contributed by atoms with Crippen LogP contribution < -0.4 is 0 Å². The van der Waals surface area contributed by atoms with Crippen molar-refractivity contribution in [3.63, 3.8) is 0 Å². The van der Waals surface area contributed by atoms with E-state index >= 15 is 0 Å². The van der Waals surface area contributed by atoms with Crippen LogP contribution >= 0.6 is 11.6 Å². The minimum atomic E-state index is 0.512. The minimum absolute atomic E-state index is 0.512. The molecule has 0 N–H and O–H groups in total. The summed E-state index contributed by atoms with van der Waals surface area (Å²) in [6, 6.07) is 12.2. The fraction of sp³-hybridized carbons (Fsp3) is 0.143. The fourth-order valence-electron chi connectivity index (χ4n) is 2.08. The van der Waals surface area contributed by atoms with Crippen LogP contribution in [-0.2, 0) is 6.54 Å². The van der Waals surface area contributed by atoms with Gasteiger partial charge in [-0.25, -0.2) is 9.97 Å². The molecule has 3 aromatic rings. The molecule has 0 radical (unpaired) electrons. The van der Waals surface area contributed by atoms with Crippen LogP contribution in [0.15, 0.2) is 42.6 Å². The molecule has 90 valence electrons. The van der Waals surface area contributed by atoms with Gasteiger partial charge in [-0.3, -0.25) is 0 Å². The zero-order valence-corrected chi connectivity index (χ0v) is 10.7. The van der Waals surface area contributed by atoms with Crippen molar-refractivity contribution < 1.29 is 0 Å². The van der Waals surface area contributed by atoms with E-state index in [1.54, 1.807) is 0 Å². The molecule has 0 atom stereocenters. The van der Waals surface area contributed by atoms with Crippen molar-refractivity contribution in [3.05, 3.63) is 59.1 Å². The second-order valence-corrected chi connectivity index (χ2v) is 4.58. The van der Waals surface area contributed by atoms with Gasteiger partial charge in [0.05, 0.1) is 5.52 Å². The highest BCUT2D eigenvalue weighted by Gasteiger charge is 2.09. The number of aromatic nitrogens is 3. The number of hydrogen-bond donors (Lipinski definition) is 0. The Balaban J connectivity index is 2.08. The van der Waals surface area contributed by atoms with E-state index < -0.39 is 0 Å². The smallest absolute Gasteiger partial charge is 0.157 e. The van der Waals surface area contributed by atoms with Crippen molar-refractivity contribution in [3.8, 4) is 0 Å². The topological polar surface area (TPSA) is 30.7 Å². The molecule has 0 saturated heterocycles. The molecule has 0 aliphatic rings. The second-order valence-electron chi connectivity index (χ2n) is 4.22. The molecule has 0 saturated carbocycles. The van der Waals surface area contributed by atoms with Crippen molar-refractivity contribution in [2.45, 2.75) is 13.5 Å². The van der Waals surface area contributed by atoms with Crippen molar-refractivity contribution >= 4 is 22.6 Å². The Hall–Kier alpha value is -1.87. The van der Waals surface area contributed by atoms with Crippen LogP contribution in [0.25, 0.3) is 11.0 Å². The molecule has 18 heavy (non-hydrogen) atoms. The molecule has 0 bridgehead atoms. The minimum Gasteiger partial charge on any atom is -0.339 e. The van der Waals surface area contributed by atoms with Crippen LogP contribution in [0.3, 0.4) is 0 Å². The molecular formula is C14H12ClN3. The normalized spacial score (nSPS) is 11.0. The number of benzene rings is 1. The lowest BCUT2D eigenvalue weighted by Crippen LogP contribution is -1.99. The van der Waals surface area contributed by atoms with Crippen LogP contribution in [0.2, 0.25) is 5.15 Å². The van der Waals surface area contributed by atoms with E-state index in [1.165, 1.54) is 5.56 Å². The summed E-state index contributed by atoms with van der Waals surface area (Å²) in [6.45, 7) is 2.62. The highest BCUT2D eigenvalue weighted by molar-refractivity contribution is 6.33. The Bertz CT molecular complexity index is 689. The summed E-state index contributed by atoms with van der Waals surface area (Å²) in [7, 11) is 0. The molecule has 4 heteroatoms. The summed E-state index contributed by atoms with van der Waals surface area (Å²) in [5.74, 6) is 0.699. The first-order valence-corrected chi connectivity index (χ1v) is 6.15. The van der Waals surface area contributed by atoms with Crippen molar-refractivity contribution in [1.82, 2.24) is 14.5 Å². The van der Waals surface area contributed by atoms with E-state index in [1.807, 2.05) is 37.4 Å². The molecule has 0 aliphatic heterocycles. The van der Waals surface area contributed by atoms with Gasteiger partial charge in [0.25, 0.3) is 0 Å². The standard InChI is InChI=1S/C14H12ClN3/c1-10-16-12-7-8-18(13(12)14(15)17-10)9-11-5-3-2-4-6-11/h2-8H,9H2,1H3. The molecule has 0 spiro atoms. The first-order valence-electron chi connectivity index (χ1n) is 5.77. The van der Waals surface area contributed by atoms with Crippen LogP contribution in [0, 0.1) is 6.92 Å². The molecule has 3 rings (SSSR count). The van der Waals surface area contributed by atoms with Crippen molar-refractivity contribution in [2.75, 3.05) is 0 Å². The lowest BCUT2D eigenvalue weighted by Gasteiger charge is -2.06. The lowest BCUT2D eigenvalue weighted by atomic mass is 10.2. The summed E-state index contributed by atoms with van der Waals surface area (Å²) < 4.78 is 2.08. The third kappa shape index (κ3) is 1.97. The van der Waals surface area contributed by atoms with Crippen LogP contribution in [0.1, 0.15) is 11.4 Å². The highest BCUT2D eigenvalue weighted by Crippen LogP contribution is 2.22. The lowest BCUT2D eigenvalue weighted by molar-refractivity contribution is 0.833. The molecule has 0 aliphatic carbocycles. The second kappa shape index (κ2) is 4.42. The maximum atomic E-state index is 6.20. The van der Waals surface area contributed by atoms with E-state index in [4.69, 9.17) is 11.6 Å². The van der Waals surface area contributed by atoms with Crippen LogP contribution in [-0.4, -0.2) is 14.5 Å². The van der Waals surface area contributed by atoms with Gasteiger partial charge in [0.1, 0.15) is 11.3 Å². The Morgan fingerprint density at radius 1 is 1.11 bits per heavy atom. The van der Waals surface area contributed by atoms with Gasteiger partial charge in [-0.2, -0.15) is 0 Å². The average Bonchev–Trinajstić information content (AvgIpc) is 2.73. The van der Waals surface area contributed by atoms with Crippen LogP contribution in [0.4, 0.5) is 0 Å². The van der Waals surface area contributed by atoms with Crippen molar-refractivity contribution in [1.29, 1.82) is 0 Å². The van der Waals surface area contributed by atoms with Gasteiger partial charge < -0.3 is 4.57 Å². The Labute approximate surface area is 110 Å². The molecule has 0 fully saturated rings. The fourth-order valence-corrected chi connectivity index (χ4v) is 2.41. The van der Waals surface area contributed by atoms with Crippen LogP contribution in [0.5, 0.6) is 0 Å². The predicted molar refractivity (Wildman–Crippen MR) is 72.8 cm³/mol. The predicted octanol–water partition coefficient (Wildman–Crippen LogP) is 3.44. The van der Waals surface area contributed by atoms with Gasteiger partial charge in [0, 0.05) is 12.7 Å². The van der Waals surface area contributed by atoms with E-state index in [-0.39, 0.29) is 0 Å². The maximum absolute atomic E-state index is 6.20. The number of rotatable bonds is 2. The third-order valence-electron chi connectivity index (χ3n) is 2.88. The maximum Gasteiger partial charge on any atom is 0.157 e. The largest absolute Gasteiger partial charge is 0.339 e. The molecule has 1 aromatic carbocycles. The first-order chi connectivity index (χ1) is 8.74.